The lowest BCUT2D eigenvalue weighted by Gasteiger charge is -2.15. The van der Waals surface area contributed by atoms with Gasteiger partial charge in [0.2, 0.25) is 0 Å². The lowest BCUT2D eigenvalue weighted by Crippen LogP contribution is -2.30. The molecule has 1 heterocycles. The van der Waals surface area contributed by atoms with Crippen LogP contribution in [0.2, 0.25) is 0 Å². The van der Waals surface area contributed by atoms with Gasteiger partial charge in [-0.2, -0.15) is 0 Å². The van der Waals surface area contributed by atoms with Gasteiger partial charge in [-0.15, -0.1) is 0 Å². The normalized spacial score (nSPS) is 15.9. The van der Waals surface area contributed by atoms with Gasteiger partial charge in [0.25, 0.3) is 5.91 Å². The minimum atomic E-state index is -0.101. The second-order valence-electron chi connectivity index (χ2n) is 5.28. The molecule has 0 N–H and O–H groups in total. The summed E-state index contributed by atoms with van der Waals surface area (Å²) in [6, 6.07) is 3.73. The summed E-state index contributed by atoms with van der Waals surface area (Å²) in [6.45, 7) is 8.88. The van der Waals surface area contributed by atoms with E-state index in [-0.39, 0.29) is 5.91 Å². The van der Waals surface area contributed by atoms with Crippen LogP contribution in [-0.4, -0.2) is 47.6 Å². The van der Waals surface area contributed by atoms with E-state index in [1.54, 1.807) is 29.0 Å². The van der Waals surface area contributed by atoms with E-state index in [4.69, 9.17) is 21.7 Å². The van der Waals surface area contributed by atoms with Gasteiger partial charge < -0.3 is 14.4 Å². The molecule has 1 saturated heterocycles. The van der Waals surface area contributed by atoms with Crippen molar-refractivity contribution in [1.29, 1.82) is 0 Å². The minimum Gasteiger partial charge on any atom is -0.490 e. The molecule has 1 aliphatic heterocycles. The Kier molecular flexibility index (Phi) is 6.61. The second kappa shape index (κ2) is 8.49. The summed E-state index contributed by atoms with van der Waals surface area (Å²) in [7, 11) is 1.79. The molecule has 2 rings (SSSR count). The summed E-state index contributed by atoms with van der Waals surface area (Å²) >= 11 is 8.83. The zero-order chi connectivity index (χ0) is 18.6. The third kappa shape index (κ3) is 4.04. The van der Waals surface area contributed by atoms with Gasteiger partial charge in [0.15, 0.2) is 16.6 Å². The number of ether oxygens (including phenoxy) is 2. The summed E-state index contributed by atoms with van der Waals surface area (Å²) in [5, 5.41) is 0.508. The number of halogens is 1. The molecule has 1 aliphatic rings. The van der Waals surface area contributed by atoms with Gasteiger partial charge >= 0.3 is 0 Å². The van der Waals surface area contributed by atoms with Crippen LogP contribution in [0.25, 0.3) is 6.08 Å². The van der Waals surface area contributed by atoms with Crippen molar-refractivity contribution in [3.05, 3.63) is 40.5 Å². The van der Waals surface area contributed by atoms with Gasteiger partial charge in [0.05, 0.1) is 11.1 Å². The van der Waals surface area contributed by atoms with Gasteiger partial charge in [-0.3, -0.25) is 9.69 Å². The monoisotopic (exact) mass is 424 g/mol. The third-order valence-electron chi connectivity index (χ3n) is 3.64. The number of thiocarbonyl (C=S) groups is 1. The maximum absolute atomic E-state index is 12.5. The number of nitrogens with zero attached hydrogens (tertiary/aromatic N) is 2. The van der Waals surface area contributed by atoms with Crippen molar-refractivity contribution in [1.82, 2.24) is 9.80 Å². The number of hydrogen-bond acceptors (Lipinski definition) is 4. The van der Waals surface area contributed by atoms with Gasteiger partial charge in [0.1, 0.15) is 12.3 Å². The fourth-order valence-electron chi connectivity index (χ4n) is 2.46. The molecule has 0 unspecified atom stereocenters. The van der Waals surface area contributed by atoms with E-state index in [2.05, 4.69) is 22.5 Å². The largest absolute Gasteiger partial charge is 0.490 e. The van der Waals surface area contributed by atoms with E-state index in [0.29, 0.717) is 42.1 Å². The fraction of sp³-hybridized carbons (Fsp3) is 0.333. The predicted molar refractivity (Wildman–Crippen MR) is 107 cm³/mol. The molecule has 0 atom stereocenters. The fourth-order valence-corrected chi connectivity index (χ4v) is 3.35. The molecule has 0 saturated carbocycles. The topological polar surface area (TPSA) is 42.0 Å². The number of hydrogen-bond donors (Lipinski definition) is 0. The summed E-state index contributed by atoms with van der Waals surface area (Å²) in [5.74, 6) is 1.12. The van der Waals surface area contributed by atoms with Crippen LogP contribution in [0.5, 0.6) is 11.5 Å². The molecule has 1 fully saturated rings. The van der Waals surface area contributed by atoms with Crippen molar-refractivity contribution >= 4 is 45.2 Å². The minimum absolute atomic E-state index is 0.101. The maximum Gasteiger partial charge on any atom is 0.276 e. The second-order valence-corrected chi connectivity index (χ2v) is 6.50. The number of benzene rings is 1. The van der Waals surface area contributed by atoms with Crippen LogP contribution in [0, 0.1) is 0 Å². The summed E-state index contributed by atoms with van der Waals surface area (Å²) in [5.41, 5.74) is 1.35. The van der Waals surface area contributed by atoms with Gasteiger partial charge in [0, 0.05) is 13.6 Å². The smallest absolute Gasteiger partial charge is 0.276 e. The number of likely N-dealkylation sites (N-methyl/N-ethyl adjacent to an activating group) is 2. The molecule has 1 amide bonds. The van der Waals surface area contributed by atoms with Crippen molar-refractivity contribution < 1.29 is 14.3 Å². The highest BCUT2D eigenvalue weighted by atomic mass is 79.9. The van der Waals surface area contributed by atoms with Gasteiger partial charge in [-0.05, 0) is 65.8 Å². The van der Waals surface area contributed by atoms with Crippen LogP contribution in [0.15, 0.2) is 35.0 Å². The molecule has 7 heteroatoms. The molecule has 0 aliphatic carbocycles. The van der Waals surface area contributed by atoms with E-state index in [1.165, 1.54) is 0 Å². The van der Waals surface area contributed by atoms with Crippen LogP contribution in [0.4, 0.5) is 0 Å². The molecule has 5 nitrogen and oxygen atoms in total. The Hall–Kier alpha value is -1.86. The van der Waals surface area contributed by atoms with Crippen LogP contribution in [-0.2, 0) is 4.79 Å². The first-order valence-corrected chi connectivity index (χ1v) is 9.15. The van der Waals surface area contributed by atoms with Crippen LogP contribution in [0.3, 0.4) is 0 Å². The summed E-state index contributed by atoms with van der Waals surface area (Å²) in [4.78, 5) is 15.8. The Morgan fingerprint density at radius 3 is 2.60 bits per heavy atom. The van der Waals surface area contributed by atoms with E-state index >= 15 is 0 Å². The zero-order valence-corrected chi connectivity index (χ0v) is 16.9. The Balaban J connectivity index is 2.44. The standard InChI is InChI=1S/C18H21BrN2O3S/c1-5-8-24-16-13(19)9-12(11-15(16)23-7-3)10-14-17(22)21(6-2)18(25)20(14)4/h5,9-11H,1,6-8H2,2-4H3/b14-10-. The van der Waals surface area contributed by atoms with Crippen molar-refractivity contribution in [3.8, 4) is 11.5 Å². The molecular formula is C18H21BrN2O3S. The Morgan fingerprint density at radius 2 is 2.04 bits per heavy atom. The molecule has 25 heavy (non-hydrogen) atoms. The number of amides is 1. The molecule has 1 aromatic carbocycles. The quantitative estimate of drug-likeness (QED) is 0.377. The molecule has 1 aromatic rings. The van der Waals surface area contributed by atoms with Crippen LogP contribution >= 0.6 is 28.1 Å². The van der Waals surface area contributed by atoms with Crippen molar-refractivity contribution in [2.45, 2.75) is 13.8 Å². The zero-order valence-electron chi connectivity index (χ0n) is 14.5. The van der Waals surface area contributed by atoms with Crippen molar-refractivity contribution in [2.75, 3.05) is 26.8 Å². The van der Waals surface area contributed by atoms with Crippen LogP contribution < -0.4 is 9.47 Å². The first-order valence-electron chi connectivity index (χ1n) is 7.95. The van der Waals surface area contributed by atoms with E-state index in [0.717, 1.165) is 10.0 Å². The number of carbonyl (C=O) groups excluding carboxylic acids is 1. The van der Waals surface area contributed by atoms with Gasteiger partial charge in [-0.1, -0.05) is 12.7 Å². The Labute approximate surface area is 162 Å². The molecule has 0 spiro atoms. The summed E-state index contributed by atoms with van der Waals surface area (Å²) in [6.07, 6.45) is 3.47. The van der Waals surface area contributed by atoms with E-state index in [9.17, 15) is 4.79 Å². The SMILES string of the molecule is C=CCOc1c(Br)cc(/C=C2/C(=O)N(CC)C(=S)N2C)cc1OCC. The number of carbonyl (C=O) groups is 1. The predicted octanol–water partition coefficient (Wildman–Crippen LogP) is 3.83. The first kappa shape index (κ1) is 19.5. The number of rotatable bonds is 7. The van der Waals surface area contributed by atoms with Crippen LogP contribution in [0.1, 0.15) is 19.4 Å². The molecule has 0 aromatic heterocycles. The highest BCUT2D eigenvalue weighted by molar-refractivity contribution is 9.10. The average Bonchev–Trinajstić information content (AvgIpc) is 2.78. The van der Waals surface area contributed by atoms with Crippen molar-refractivity contribution in [3.63, 3.8) is 0 Å². The third-order valence-corrected chi connectivity index (χ3v) is 4.72. The first-order chi connectivity index (χ1) is 11.9. The Bertz CT molecular complexity index is 733. The summed E-state index contributed by atoms with van der Waals surface area (Å²) < 4.78 is 12.1. The van der Waals surface area contributed by atoms with Crippen molar-refractivity contribution in [2.24, 2.45) is 0 Å². The Morgan fingerprint density at radius 1 is 1.32 bits per heavy atom. The average molecular weight is 425 g/mol. The lowest BCUT2D eigenvalue weighted by atomic mass is 10.1. The molecule has 0 radical (unpaired) electrons. The van der Waals surface area contributed by atoms with E-state index in [1.807, 2.05) is 26.0 Å². The highest BCUT2D eigenvalue weighted by Gasteiger charge is 2.34. The molecule has 0 bridgehead atoms. The molecule has 134 valence electrons. The lowest BCUT2D eigenvalue weighted by molar-refractivity contribution is -0.122. The van der Waals surface area contributed by atoms with E-state index < -0.39 is 0 Å². The maximum atomic E-state index is 12.5. The molecular weight excluding hydrogens is 404 g/mol. The highest BCUT2D eigenvalue weighted by Crippen LogP contribution is 2.38. The van der Waals surface area contributed by atoms with Gasteiger partial charge in [-0.25, -0.2) is 0 Å².